The van der Waals surface area contributed by atoms with E-state index in [0.717, 1.165) is 0 Å². The second-order valence-electron chi connectivity index (χ2n) is 3.81. The molecule has 1 unspecified atom stereocenters. The van der Waals surface area contributed by atoms with E-state index in [-0.39, 0.29) is 11.5 Å². The van der Waals surface area contributed by atoms with Gasteiger partial charge in [-0.1, -0.05) is 0 Å². The number of sulfone groups is 1. The Labute approximate surface area is 97.9 Å². The average molecular weight is 266 g/mol. The Morgan fingerprint density at radius 1 is 1.41 bits per heavy atom. The van der Waals surface area contributed by atoms with E-state index in [0.29, 0.717) is 6.42 Å². The maximum Gasteiger partial charge on any atom is 0.334 e. The quantitative estimate of drug-likeness (QED) is 0.461. The van der Waals surface area contributed by atoms with Crippen molar-refractivity contribution >= 4 is 21.8 Å². The van der Waals surface area contributed by atoms with Crippen molar-refractivity contribution in [3.05, 3.63) is 0 Å². The second kappa shape index (κ2) is 5.32. The van der Waals surface area contributed by atoms with Crippen molar-refractivity contribution in [1.29, 1.82) is 0 Å². The molecule has 17 heavy (non-hydrogen) atoms. The Morgan fingerprint density at radius 3 is 2.53 bits per heavy atom. The molecular weight excluding hydrogens is 252 g/mol. The molecule has 2 atom stereocenters. The van der Waals surface area contributed by atoms with Crippen LogP contribution < -0.4 is 10.6 Å². The molecule has 1 heterocycles. The minimum absolute atomic E-state index is 0.0374. The number of aliphatic hydroxyl groups is 1. The molecule has 2 amide bonds. The van der Waals surface area contributed by atoms with Crippen LogP contribution in [0.25, 0.3) is 0 Å². The molecule has 0 bridgehead atoms. The van der Waals surface area contributed by atoms with Gasteiger partial charge < -0.3 is 20.8 Å². The van der Waals surface area contributed by atoms with E-state index in [1.807, 2.05) is 0 Å². The first kappa shape index (κ1) is 13.7. The number of carbonyl (C=O) groups is 2. The lowest BCUT2D eigenvalue weighted by atomic mass is 10.3. The molecule has 0 radical (unpaired) electrons. The summed E-state index contributed by atoms with van der Waals surface area (Å²) >= 11 is 0. The molecular formula is C8H14N2O6S. The van der Waals surface area contributed by atoms with Crippen LogP contribution in [0.15, 0.2) is 0 Å². The topological polar surface area (TPSA) is 133 Å². The highest BCUT2D eigenvalue weighted by molar-refractivity contribution is 7.91. The number of hydrogen-bond acceptors (Lipinski definition) is 5. The SMILES string of the molecule is O=C(NC[C@H](O)C(=O)O)NC1CCS(=O)(=O)C1. The number of aliphatic carboxylic acids is 1. The molecule has 1 aliphatic rings. The molecule has 0 aromatic carbocycles. The van der Waals surface area contributed by atoms with Crippen LogP contribution in [0, 0.1) is 0 Å². The van der Waals surface area contributed by atoms with Gasteiger partial charge in [0.2, 0.25) is 0 Å². The third-order valence-electron chi connectivity index (χ3n) is 2.31. The van der Waals surface area contributed by atoms with Gasteiger partial charge in [0, 0.05) is 6.04 Å². The van der Waals surface area contributed by atoms with Crippen LogP contribution in [-0.4, -0.2) is 60.8 Å². The Morgan fingerprint density at radius 2 is 2.06 bits per heavy atom. The van der Waals surface area contributed by atoms with E-state index in [1.165, 1.54) is 0 Å². The molecule has 0 aromatic heterocycles. The highest BCUT2D eigenvalue weighted by atomic mass is 32.2. The highest BCUT2D eigenvalue weighted by Gasteiger charge is 2.29. The van der Waals surface area contributed by atoms with Gasteiger partial charge in [0.15, 0.2) is 15.9 Å². The predicted molar refractivity (Wildman–Crippen MR) is 57.2 cm³/mol. The van der Waals surface area contributed by atoms with Gasteiger partial charge in [-0.3, -0.25) is 0 Å². The molecule has 0 saturated carbocycles. The van der Waals surface area contributed by atoms with Crippen LogP contribution in [0.5, 0.6) is 0 Å². The Balaban J connectivity index is 2.29. The largest absolute Gasteiger partial charge is 0.479 e. The lowest BCUT2D eigenvalue weighted by Crippen LogP contribution is -2.46. The maximum absolute atomic E-state index is 11.2. The molecule has 9 heteroatoms. The van der Waals surface area contributed by atoms with Crippen LogP contribution in [0.1, 0.15) is 6.42 Å². The van der Waals surface area contributed by atoms with Gasteiger partial charge >= 0.3 is 12.0 Å². The molecule has 0 spiro atoms. The number of rotatable bonds is 4. The van der Waals surface area contributed by atoms with E-state index >= 15 is 0 Å². The molecule has 1 saturated heterocycles. The Kier molecular flexibility index (Phi) is 4.29. The number of carbonyl (C=O) groups excluding carboxylic acids is 1. The van der Waals surface area contributed by atoms with Crippen molar-refractivity contribution in [2.45, 2.75) is 18.6 Å². The molecule has 0 aromatic rings. The fraction of sp³-hybridized carbons (Fsp3) is 0.750. The maximum atomic E-state index is 11.2. The number of carboxylic acid groups (broad SMARTS) is 1. The van der Waals surface area contributed by atoms with Crippen molar-refractivity contribution in [3.63, 3.8) is 0 Å². The number of hydrogen-bond donors (Lipinski definition) is 4. The summed E-state index contributed by atoms with van der Waals surface area (Å²) in [6.07, 6.45) is -1.33. The zero-order chi connectivity index (χ0) is 13.1. The molecule has 1 rings (SSSR count). The van der Waals surface area contributed by atoms with Gasteiger partial charge in [0.1, 0.15) is 0 Å². The number of carboxylic acids is 1. The fourth-order valence-corrected chi connectivity index (χ4v) is 3.10. The predicted octanol–water partition coefficient (Wildman–Crippen LogP) is -2.08. The van der Waals surface area contributed by atoms with Crippen molar-refractivity contribution in [2.75, 3.05) is 18.1 Å². The zero-order valence-corrected chi connectivity index (χ0v) is 9.74. The molecule has 8 nitrogen and oxygen atoms in total. The second-order valence-corrected chi connectivity index (χ2v) is 6.04. The molecule has 1 aliphatic heterocycles. The van der Waals surface area contributed by atoms with Crippen LogP contribution in [0.2, 0.25) is 0 Å². The fourth-order valence-electron chi connectivity index (χ4n) is 1.42. The average Bonchev–Trinajstić information content (AvgIpc) is 2.54. The number of urea groups is 1. The van der Waals surface area contributed by atoms with Gasteiger partial charge in [0.25, 0.3) is 0 Å². The first-order valence-corrected chi connectivity index (χ1v) is 6.78. The van der Waals surface area contributed by atoms with E-state index in [4.69, 9.17) is 10.2 Å². The highest BCUT2D eigenvalue weighted by Crippen LogP contribution is 2.10. The summed E-state index contributed by atoms with van der Waals surface area (Å²) in [5.41, 5.74) is 0. The smallest absolute Gasteiger partial charge is 0.334 e. The minimum atomic E-state index is -3.07. The van der Waals surface area contributed by atoms with Crippen LogP contribution >= 0.6 is 0 Å². The van der Waals surface area contributed by atoms with Gasteiger partial charge in [-0.15, -0.1) is 0 Å². The normalized spacial score (nSPS) is 23.9. The molecule has 1 fully saturated rings. The summed E-state index contributed by atoms with van der Waals surface area (Å²) in [6, 6.07) is -1.14. The van der Waals surface area contributed by atoms with Gasteiger partial charge in [-0.05, 0) is 6.42 Å². The monoisotopic (exact) mass is 266 g/mol. The van der Waals surface area contributed by atoms with Crippen LogP contribution in [0.3, 0.4) is 0 Å². The van der Waals surface area contributed by atoms with E-state index in [2.05, 4.69) is 10.6 Å². The van der Waals surface area contributed by atoms with Gasteiger partial charge in [-0.25, -0.2) is 18.0 Å². The minimum Gasteiger partial charge on any atom is -0.479 e. The zero-order valence-electron chi connectivity index (χ0n) is 8.92. The van der Waals surface area contributed by atoms with E-state index < -0.39 is 40.5 Å². The van der Waals surface area contributed by atoms with Gasteiger partial charge in [-0.2, -0.15) is 0 Å². The van der Waals surface area contributed by atoms with E-state index in [9.17, 15) is 18.0 Å². The Hall–Kier alpha value is -1.35. The van der Waals surface area contributed by atoms with Crippen molar-refractivity contribution in [3.8, 4) is 0 Å². The third kappa shape index (κ3) is 4.57. The first-order chi connectivity index (χ1) is 7.80. The van der Waals surface area contributed by atoms with Crippen LogP contribution in [0.4, 0.5) is 4.79 Å². The number of aliphatic hydroxyl groups excluding tert-OH is 1. The summed E-state index contributed by atoms with van der Waals surface area (Å²) in [7, 11) is -3.07. The van der Waals surface area contributed by atoms with Crippen LogP contribution in [-0.2, 0) is 14.6 Å². The molecule has 4 N–H and O–H groups in total. The third-order valence-corrected chi connectivity index (χ3v) is 4.08. The number of amides is 2. The summed E-state index contributed by atoms with van der Waals surface area (Å²) in [5, 5.41) is 21.8. The number of nitrogens with one attached hydrogen (secondary N) is 2. The lowest BCUT2D eigenvalue weighted by molar-refractivity contribution is -0.146. The molecule has 0 aliphatic carbocycles. The summed E-state index contributed by atoms with van der Waals surface area (Å²) in [4.78, 5) is 21.5. The van der Waals surface area contributed by atoms with Crippen molar-refractivity contribution in [1.82, 2.24) is 10.6 Å². The van der Waals surface area contributed by atoms with Gasteiger partial charge in [0.05, 0.1) is 18.1 Å². The standard InChI is InChI=1S/C8H14N2O6S/c11-6(7(12)13)3-9-8(14)10-5-1-2-17(15,16)4-5/h5-6,11H,1-4H2,(H,12,13)(H2,9,10,14)/t5?,6-/m0/s1. The summed E-state index contributed by atoms with van der Waals surface area (Å²) in [5.74, 6) is -1.51. The van der Waals surface area contributed by atoms with Crippen molar-refractivity contribution in [2.24, 2.45) is 0 Å². The van der Waals surface area contributed by atoms with Crippen molar-refractivity contribution < 1.29 is 28.2 Å². The first-order valence-electron chi connectivity index (χ1n) is 4.96. The molecule has 98 valence electrons. The van der Waals surface area contributed by atoms with E-state index in [1.54, 1.807) is 0 Å². The summed E-state index contributed by atoms with van der Waals surface area (Å²) in [6.45, 7) is -0.430. The summed E-state index contributed by atoms with van der Waals surface area (Å²) < 4.78 is 22.2. The lowest BCUT2D eigenvalue weighted by Gasteiger charge is -2.12. The Bertz CT molecular complexity index is 406.